The molecule has 0 bridgehead atoms. The van der Waals surface area contributed by atoms with Crippen LogP contribution >= 0.6 is 12.4 Å². The number of sulfone groups is 1. The molecule has 1 fully saturated rings. The summed E-state index contributed by atoms with van der Waals surface area (Å²) in [5.74, 6) is -0.636. The molecule has 154 valence electrons. The molecule has 1 aliphatic rings. The van der Waals surface area contributed by atoms with E-state index >= 15 is 0 Å². The minimum atomic E-state index is -3.58. The summed E-state index contributed by atoms with van der Waals surface area (Å²) in [6, 6.07) is 7.21. The Labute approximate surface area is 170 Å². The summed E-state index contributed by atoms with van der Waals surface area (Å²) in [6.07, 6.45) is 3.41. The van der Waals surface area contributed by atoms with E-state index in [0.29, 0.717) is 18.8 Å². The summed E-state index contributed by atoms with van der Waals surface area (Å²) in [4.78, 5) is 24.6. The van der Waals surface area contributed by atoms with Gasteiger partial charge in [0.15, 0.2) is 14.6 Å². The minimum Gasteiger partial charge on any atom is -0.358 e. The molecular formula is C18H25ClN4O4S. The van der Waals surface area contributed by atoms with Crippen LogP contribution in [0, 0.1) is 0 Å². The molecule has 1 aromatic heterocycles. The zero-order chi connectivity index (χ0) is 19.7. The largest absolute Gasteiger partial charge is 0.358 e. The molecule has 3 N–H and O–H groups in total. The number of benzene rings is 1. The lowest BCUT2D eigenvalue weighted by Crippen LogP contribution is -2.55. The molecule has 2 aromatic rings. The Morgan fingerprint density at radius 1 is 1.21 bits per heavy atom. The van der Waals surface area contributed by atoms with Crippen LogP contribution in [0.1, 0.15) is 12.8 Å². The second-order valence-electron chi connectivity index (χ2n) is 6.86. The van der Waals surface area contributed by atoms with Crippen LogP contribution in [-0.4, -0.2) is 55.9 Å². The monoisotopic (exact) mass is 428 g/mol. The van der Waals surface area contributed by atoms with E-state index in [4.69, 9.17) is 0 Å². The molecule has 2 amide bonds. The van der Waals surface area contributed by atoms with Gasteiger partial charge in [0.2, 0.25) is 11.8 Å². The highest BCUT2D eigenvalue weighted by Crippen LogP contribution is 2.30. The predicted molar refractivity (Wildman–Crippen MR) is 112 cm³/mol. The highest BCUT2D eigenvalue weighted by atomic mass is 35.5. The van der Waals surface area contributed by atoms with E-state index in [2.05, 4.69) is 16.0 Å². The minimum absolute atomic E-state index is 0. The molecule has 8 nitrogen and oxygen atoms in total. The molecule has 1 aliphatic heterocycles. The number of nitrogens with zero attached hydrogens (tertiary/aromatic N) is 1. The lowest BCUT2D eigenvalue weighted by atomic mass is 9.95. The molecule has 0 saturated carbocycles. The number of hydrogen-bond donors (Lipinski definition) is 3. The first-order valence-corrected chi connectivity index (χ1v) is 10.7. The topological polar surface area (TPSA) is 109 Å². The number of halogens is 1. The predicted octanol–water partition coefficient (Wildman–Crippen LogP) is 0.914. The van der Waals surface area contributed by atoms with Gasteiger partial charge in [0.25, 0.3) is 0 Å². The average Bonchev–Trinajstić information content (AvgIpc) is 3.03. The fourth-order valence-electron chi connectivity index (χ4n) is 3.48. The van der Waals surface area contributed by atoms with Crippen molar-refractivity contribution in [3.8, 4) is 0 Å². The van der Waals surface area contributed by atoms with Crippen LogP contribution in [-0.2, 0) is 26.0 Å². The van der Waals surface area contributed by atoms with E-state index in [1.807, 2.05) is 12.1 Å². The van der Waals surface area contributed by atoms with Crippen molar-refractivity contribution in [3.05, 3.63) is 30.5 Å². The number of anilines is 1. The third kappa shape index (κ3) is 4.16. The van der Waals surface area contributed by atoms with E-state index in [1.54, 1.807) is 29.9 Å². The number of likely N-dealkylation sites (N-methyl/N-ethyl adjacent to an activating group) is 1. The number of rotatable bonds is 5. The number of fused-ring (bicyclic) bond motifs is 1. The number of carbonyl (C=O) groups is 2. The Balaban J connectivity index is 0.00000280. The van der Waals surface area contributed by atoms with Gasteiger partial charge in [-0.2, -0.15) is 0 Å². The number of hydrogen-bond acceptors (Lipinski definition) is 5. The van der Waals surface area contributed by atoms with Gasteiger partial charge in [-0.15, -0.1) is 12.4 Å². The number of amides is 2. The van der Waals surface area contributed by atoms with E-state index in [0.717, 1.165) is 17.2 Å². The van der Waals surface area contributed by atoms with Crippen molar-refractivity contribution in [2.45, 2.75) is 24.1 Å². The molecule has 2 heterocycles. The van der Waals surface area contributed by atoms with Crippen molar-refractivity contribution in [1.29, 1.82) is 0 Å². The molecule has 0 spiro atoms. The summed E-state index contributed by atoms with van der Waals surface area (Å²) < 4.78 is 25.1. The van der Waals surface area contributed by atoms with Crippen molar-refractivity contribution in [1.82, 2.24) is 15.2 Å². The van der Waals surface area contributed by atoms with Gasteiger partial charge in [-0.3, -0.25) is 9.59 Å². The second kappa shape index (κ2) is 8.50. The van der Waals surface area contributed by atoms with Gasteiger partial charge in [0, 0.05) is 25.2 Å². The first-order chi connectivity index (χ1) is 12.8. The van der Waals surface area contributed by atoms with Crippen LogP contribution in [0.15, 0.2) is 30.5 Å². The van der Waals surface area contributed by atoms with Gasteiger partial charge in [-0.1, -0.05) is 6.07 Å². The van der Waals surface area contributed by atoms with E-state index in [1.165, 1.54) is 0 Å². The van der Waals surface area contributed by atoms with Crippen LogP contribution in [0.3, 0.4) is 0 Å². The Bertz CT molecular complexity index is 981. The lowest BCUT2D eigenvalue weighted by Gasteiger charge is -2.34. The first kappa shape index (κ1) is 22.2. The van der Waals surface area contributed by atoms with Gasteiger partial charge in [-0.05, 0) is 49.5 Å². The van der Waals surface area contributed by atoms with Crippen molar-refractivity contribution >= 4 is 50.6 Å². The standard InChI is InChI=1S/C18H24N4O4S.ClH/c1-19-16(23)12-22-10-5-13-3-4-14(11-15(13)22)21-17(24)18(27(2,25)26)6-8-20-9-7-18;/h3-5,10-11,20H,6-9,12H2,1-2H3,(H,19,23)(H,21,24);1H. The van der Waals surface area contributed by atoms with Crippen molar-refractivity contribution in [2.75, 3.05) is 31.7 Å². The van der Waals surface area contributed by atoms with Gasteiger partial charge in [0.1, 0.15) is 6.54 Å². The van der Waals surface area contributed by atoms with Gasteiger partial charge in [-0.25, -0.2) is 8.42 Å². The molecular weight excluding hydrogens is 404 g/mol. The van der Waals surface area contributed by atoms with Gasteiger partial charge in [0.05, 0.1) is 5.52 Å². The second-order valence-corrected chi connectivity index (χ2v) is 9.19. The summed E-state index contributed by atoms with van der Waals surface area (Å²) in [5, 5.41) is 9.38. The number of carbonyl (C=O) groups excluding carboxylic acids is 2. The van der Waals surface area contributed by atoms with Crippen LogP contribution in [0.25, 0.3) is 10.9 Å². The van der Waals surface area contributed by atoms with Crippen molar-refractivity contribution in [2.24, 2.45) is 0 Å². The maximum atomic E-state index is 12.9. The van der Waals surface area contributed by atoms with Crippen molar-refractivity contribution in [3.63, 3.8) is 0 Å². The van der Waals surface area contributed by atoms with Crippen LogP contribution in [0.5, 0.6) is 0 Å². The third-order valence-electron chi connectivity index (χ3n) is 5.16. The quantitative estimate of drug-likeness (QED) is 0.656. The number of aromatic nitrogens is 1. The summed E-state index contributed by atoms with van der Waals surface area (Å²) in [7, 11) is -2.00. The van der Waals surface area contributed by atoms with Crippen LogP contribution in [0.2, 0.25) is 0 Å². The van der Waals surface area contributed by atoms with E-state index < -0.39 is 20.5 Å². The summed E-state index contributed by atoms with van der Waals surface area (Å²) in [6.45, 7) is 1.12. The molecule has 0 atom stereocenters. The summed E-state index contributed by atoms with van der Waals surface area (Å²) >= 11 is 0. The Morgan fingerprint density at radius 3 is 2.50 bits per heavy atom. The van der Waals surface area contributed by atoms with Gasteiger partial charge >= 0.3 is 0 Å². The molecule has 10 heteroatoms. The van der Waals surface area contributed by atoms with Crippen molar-refractivity contribution < 1.29 is 18.0 Å². The summed E-state index contributed by atoms with van der Waals surface area (Å²) in [5.41, 5.74) is 1.29. The van der Waals surface area contributed by atoms with E-state index in [9.17, 15) is 18.0 Å². The van der Waals surface area contributed by atoms with Gasteiger partial charge < -0.3 is 20.5 Å². The molecule has 0 unspecified atom stereocenters. The maximum Gasteiger partial charge on any atom is 0.245 e. The SMILES string of the molecule is CNC(=O)Cn1ccc2ccc(NC(=O)C3(S(C)(=O)=O)CCNCC3)cc21.Cl. The van der Waals surface area contributed by atoms with Crippen LogP contribution in [0.4, 0.5) is 5.69 Å². The Kier molecular flexibility index (Phi) is 6.74. The normalized spacial score (nSPS) is 16.2. The molecule has 3 rings (SSSR count). The molecule has 1 saturated heterocycles. The first-order valence-electron chi connectivity index (χ1n) is 8.78. The smallest absolute Gasteiger partial charge is 0.245 e. The average molecular weight is 429 g/mol. The fourth-order valence-corrected chi connectivity index (χ4v) is 4.81. The molecule has 1 aromatic carbocycles. The molecule has 0 radical (unpaired) electrons. The Hall–Kier alpha value is -2.10. The molecule has 28 heavy (non-hydrogen) atoms. The lowest BCUT2D eigenvalue weighted by molar-refractivity contribution is -0.121. The van der Waals surface area contributed by atoms with E-state index in [-0.39, 0.29) is 37.7 Å². The zero-order valence-corrected chi connectivity index (χ0v) is 17.5. The zero-order valence-electron chi connectivity index (χ0n) is 15.8. The highest BCUT2D eigenvalue weighted by molar-refractivity contribution is 7.92. The Morgan fingerprint density at radius 2 is 1.89 bits per heavy atom. The number of piperidine rings is 1. The maximum absolute atomic E-state index is 12.9. The highest BCUT2D eigenvalue weighted by Gasteiger charge is 2.48. The third-order valence-corrected chi connectivity index (χ3v) is 7.17. The van der Waals surface area contributed by atoms with Crippen LogP contribution < -0.4 is 16.0 Å². The fraction of sp³-hybridized carbons (Fsp3) is 0.444. The molecule has 0 aliphatic carbocycles. The number of nitrogens with one attached hydrogen (secondary N) is 3.